The molecule has 4 N–H and O–H groups in total. The highest BCUT2D eigenvalue weighted by Crippen LogP contribution is 2.40. The van der Waals surface area contributed by atoms with E-state index >= 15 is 0 Å². The molecule has 0 radical (unpaired) electrons. The van der Waals surface area contributed by atoms with Crippen molar-refractivity contribution in [1.29, 1.82) is 0 Å². The lowest BCUT2D eigenvalue weighted by molar-refractivity contribution is -0.150. The molecule has 180 valence electrons. The number of aliphatic carboxylic acids is 1. The van der Waals surface area contributed by atoms with Gasteiger partial charge in [-0.1, -0.05) is 17.3 Å². The lowest BCUT2D eigenvalue weighted by Gasteiger charge is -2.49. The third-order valence-corrected chi connectivity index (χ3v) is 7.90. The van der Waals surface area contributed by atoms with Gasteiger partial charge >= 0.3 is 5.97 Å². The van der Waals surface area contributed by atoms with Crippen LogP contribution in [0.15, 0.2) is 34.0 Å². The summed E-state index contributed by atoms with van der Waals surface area (Å²) >= 11 is 2.61. The van der Waals surface area contributed by atoms with Crippen LogP contribution in [0.3, 0.4) is 0 Å². The number of aromatic nitrogens is 1. The Morgan fingerprint density at radius 2 is 2.18 bits per heavy atom. The van der Waals surface area contributed by atoms with Gasteiger partial charge in [0.05, 0.1) is 0 Å². The Morgan fingerprint density at radius 3 is 2.82 bits per heavy atom. The molecule has 0 unspecified atom stereocenters. The van der Waals surface area contributed by atoms with Gasteiger partial charge in [0.1, 0.15) is 28.9 Å². The highest BCUT2D eigenvalue weighted by molar-refractivity contribution is 8.00. The van der Waals surface area contributed by atoms with E-state index in [0.717, 1.165) is 32.4 Å². The maximum atomic E-state index is 13.0. The van der Waals surface area contributed by atoms with E-state index in [2.05, 4.69) is 32.5 Å². The first-order chi connectivity index (χ1) is 16.4. The zero-order chi connectivity index (χ0) is 23.8. The zero-order valence-electron chi connectivity index (χ0n) is 18.2. The summed E-state index contributed by atoms with van der Waals surface area (Å²) in [7, 11) is 0. The normalized spacial score (nSPS) is 25.1. The van der Waals surface area contributed by atoms with Crippen LogP contribution in [-0.4, -0.2) is 86.3 Å². The molecule has 4 aliphatic rings. The van der Waals surface area contributed by atoms with Crippen molar-refractivity contribution < 1.29 is 24.3 Å². The standard InChI is InChI=1S/C21H24N6O5S2/c22-21-23-13(10-34-21)14(25-32-12-4-5-12)17(28)24-15-18(29)27-16(20(30)31)11(9-33-19(15)27)8-26-6-2-1-3-7-26/h1-2,10,12,15,19H,3-9H2,(H2,22,23)(H,24,28)(H,30,31)/b25-14+/t15-,19-/m1/s1. The lowest BCUT2D eigenvalue weighted by atomic mass is 10.0. The van der Waals surface area contributed by atoms with Gasteiger partial charge in [-0.2, -0.15) is 0 Å². The smallest absolute Gasteiger partial charge is 0.352 e. The Kier molecular flexibility index (Phi) is 6.32. The van der Waals surface area contributed by atoms with E-state index in [0.29, 0.717) is 17.9 Å². The van der Waals surface area contributed by atoms with Crippen LogP contribution in [0.5, 0.6) is 0 Å². The number of hydrogen-bond donors (Lipinski definition) is 3. The highest BCUT2D eigenvalue weighted by Gasteiger charge is 2.54. The van der Waals surface area contributed by atoms with Crippen LogP contribution in [0.2, 0.25) is 0 Å². The lowest BCUT2D eigenvalue weighted by Crippen LogP contribution is -2.71. The number of hydrogen-bond acceptors (Lipinski definition) is 10. The first kappa shape index (κ1) is 22.9. The second-order valence-electron chi connectivity index (χ2n) is 8.43. The molecule has 1 saturated heterocycles. The summed E-state index contributed by atoms with van der Waals surface area (Å²) < 4.78 is 0. The fourth-order valence-electron chi connectivity index (χ4n) is 4.02. The summed E-state index contributed by atoms with van der Waals surface area (Å²) in [4.78, 5) is 51.0. The number of thiazole rings is 1. The Hall–Kier alpha value is -2.90. The summed E-state index contributed by atoms with van der Waals surface area (Å²) in [6.45, 7) is 2.09. The first-order valence-electron chi connectivity index (χ1n) is 11.0. The molecule has 2 atom stereocenters. The number of carboxylic acids is 1. The number of β-lactam (4-membered cyclic amide) rings is 1. The molecule has 1 saturated carbocycles. The van der Waals surface area contributed by atoms with Crippen molar-refractivity contribution in [3.05, 3.63) is 34.5 Å². The van der Waals surface area contributed by atoms with Crippen LogP contribution in [-0.2, 0) is 19.2 Å². The van der Waals surface area contributed by atoms with Gasteiger partial charge in [0.2, 0.25) is 0 Å². The molecule has 5 rings (SSSR count). The van der Waals surface area contributed by atoms with E-state index in [1.54, 1.807) is 5.38 Å². The summed E-state index contributed by atoms with van der Waals surface area (Å²) in [5.74, 6) is -1.74. The van der Waals surface area contributed by atoms with E-state index in [9.17, 15) is 19.5 Å². The Bertz CT molecular complexity index is 1110. The highest BCUT2D eigenvalue weighted by atomic mass is 32.2. The Balaban J connectivity index is 1.31. The van der Waals surface area contributed by atoms with Gasteiger partial charge in [0.25, 0.3) is 11.8 Å². The number of carbonyl (C=O) groups is 3. The minimum absolute atomic E-state index is 0.0204. The minimum Gasteiger partial charge on any atom is -0.477 e. The summed E-state index contributed by atoms with van der Waals surface area (Å²) in [5, 5.41) is 17.9. The maximum Gasteiger partial charge on any atom is 0.352 e. The largest absolute Gasteiger partial charge is 0.477 e. The Morgan fingerprint density at radius 1 is 1.35 bits per heavy atom. The molecule has 2 amide bonds. The molecule has 34 heavy (non-hydrogen) atoms. The van der Waals surface area contributed by atoms with Crippen LogP contribution in [0.25, 0.3) is 0 Å². The van der Waals surface area contributed by atoms with Gasteiger partial charge in [-0.25, -0.2) is 9.78 Å². The van der Waals surface area contributed by atoms with Crippen LogP contribution in [0.1, 0.15) is 25.0 Å². The average molecular weight is 505 g/mol. The number of nitrogens with one attached hydrogen (secondary N) is 1. The zero-order valence-corrected chi connectivity index (χ0v) is 19.8. The van der Waals surface area contributed by atoms with Crippen LogP contribution in [0, 0.1) is 0 Å². The maximum absolute atomic E-state index is 13.0. The second kappa shape index (κ2) is 9.39. The topological polar surface area (TPSA) is 150 Å². The molecule has 2 fully saturated rings. The third-order valence-electron chi connectivity index (χ3n) is 5.89. The average Bonchev–Trinajstić information content (AvgIpc) is 3.56. The quantitative estimate of drug-likeness (QED) is 0.200. The molecule has 0 aromatic carbocycles. The summed E-state index contributed by atoms with van der Waals surface area (Å²) in [6, 6.07) is -0.867. The molecule has 3 aliphatic heterocycles. The SMILES string of the molecule is Nc1nc(/C(=N\OC2CC2)C(=O)N[C@@H]2C(=O)N3C(C(=O)O)=C(CN4CC=CCC4)CS[C@H]23)cs1. The van der Waals surface area contributed by atoms with Crippen molar-refractivity contribution in [2.45, 2.75) is 36.8 Å². The van der Waals surface area contributed by atoms with Crippen molar-refractivity contribution in [2.24, 2.45) is 5.16 Å². The van der Waals surface area contributed by atoms with E-state index in [-0.39, 0.29) is 28.3 Å². The van der Waals surface area contributed by atoms with Crippen molar-refractivity contribution in [3.8, 4) is 0 Å². The number of carboxylic acid groups (broad SMARTS) is 1. The van der Waals surface area contributed by atoms with Gasteiger partial charge in [-0.05, 0) is 24.8 Å². The molecule has 1 aliphatic carbocycles. The third kappa shape index (κ3) is 4.55. The Labute approximate surface area is 203 Å². The molecule has 1 aromatic rings. The van der Waals surface area contributed by atoms with Gasteiger partial charge < -0.3 is 21.0 Å². The summed E-state index contributed by atoms with van der Waals surface area (Å²) in [6.07, 6.45) is 6.80. The number of nitrogens with zero attached hydrogens (tertiary/aromatic N) is 4. The monoisotopic (exact) mass is 504 g/mol. The predicted octanol–water partition coefficient (Wildman–Crippen LogP) is 0.609. The van der Waals surface area contributed by atoms with Crippen LogP contribution < -0.4 is 11.1 Å². The summed E-state index contributed by atoms with van der Waals surface area (Å²) in [5.41, 5.74) is 6.65. The van der Waals surface area contributed by atoms with Crippen molar-refractivity contribution in [3.63, 3.8) is 0 Å². The number of anilines is 1. The van der Waals surface area contributed by atoms with E-state index in [1.807, 2.05) is 0 Å². The number of oxime groups is 1. The number of nitrogen functional groups attached to an aromatic ring is 1. The number of nitrogens with two attached hydrogens (primary N) is 1. The molecule has 13 heteroatoms. The van der Waals surface area contributed by atoms with Crippen LogP contribution in [0.4, 0.5) is 5.13 Å². The first-order valence-corrected chi connectivity index (χ1v) is 12.9. The molecule has 0 spiro atoms. The number of fused-ring (bicyclic) bond motifs is 1. The number of carbonyl (C=O) groups excluding carboxylic acids is 2. The van der Waals surface area contributed by atoms with Crippen molar-refractivity contribution in [2.75, 3.05) is 31.1 Å². The van der Waals surface area contributed by atoms with E-state index in [4.69, 9.17) is 10.6 Å². The molecule has 4 heterocycles. The van der Waals surface area contributed by atoms with E-state index in [1.165, 1.54) is 28.0 Å². The minimum atomic E-state index is -1.14. The number of thioether (sulfide) groups is 1. The molecule has 0 bridgehead atoms. The number of amides is 2. The van der Waals surface area contributed by atoms with E-state index < -0.39 is 29.2 Å². The van der Waals surface area contributed by atoms with Gasteiger partial charge in [0.15, 0.2) is 10.8 Å². The molecular formula is C21H24N6O5S2. The van der Waals surface area contributed by atoms with Crippen molar-refractivity contribution in [1.82, 2.24) is 20.1 Å². The molecule has 11 nitrogen and oxygen atoms in total. The second-order valence-corrected chi connectivity index (χ2v) is 10.4. The van der Waals surface area contributed by atoms with Crippen molar-refractivity contribution >= 4 is 51.7 Å². The van der Waals surface area contributed by atoms with Crippen LogP contribution >= 0.6 is 23.1 Å². The number of rotatable bonds is 8. The molecular weight excluding hydrogens is 480 g/mol. The predicted molar refractivity (Wildman–Crippen MR) is 127 cm³/mol. The van der Waals surface area contributed by atoms with Gasteiger partial charge in [-0.15, -0.1) is 23.1 Å². The molecule has 1 aromatic heterocycles. The fraction of sp³-hybridized carbons (Fsp3) is 0.476. The van der Waals surface area contributed by atoms with Gasteiger partial charge in [-0.3, -0.25) is 19.4 Å². The van der Waals surface area contributed by atoms with Gasteiger partial charge in [0, 0.05) is 30.8 Å². The fourth-order valence-corrected chi connectivity index (χ4v) is 5.90.